The highest BCUT2D eigenvalue weighted by Crippen LogP contribution is 2.02. The largest absolute Gasteiger partial charge is 0.304 e. The molecule has 0 aromatic heterocycles. The molecule has 0 aromatic rings. The molecule has 0 aliphatic carbocycles. The fourth-order valence-electron chi connectivity index (χ4n) is 1.16. The Hall–Kier alpha value is -0.480. The number of unbranched alkanes of at least 4 members (excludes halogenated alkanes) is 2. The molecular weight excluding hydrogens is 146 g/mol. The molecule has 0 spiro atoms. The van der Waals surface area contributed by atoms with Crippen LogP contribution in [0.3, 0.4) is 0 Å². The number of terminal acetylenes is 1. The van der Waals surface area contributed by atoms with Crippen molar-refractivity contribution in [3.8, 4) is 12.3 Å². The van der Waals surface area contributed by atoms with Gasteiger partial charge in [0.1, 0.15) is 0 Å². The molecule has 0 saturated heterocycles. The SMILES string of the molecule is C#CC(CCCCC)NCCC. The standard InChI is InChI=1S/C11H21N/c1-4-7-8-9-11(6-3)12-10-5-2/h3,11-12H,4-5,7-10H2,1-2H3. The average Bonchev–Trinajstić information content (AvgIpc) is 2.11. The summed E-state index contributed by atoms with van der Waals surface area (Å²) >= 11 is 0. The molecule has 1 atom stereocenters. The fraction of sp³-hybridized carbons (Fsp3) is 0.818. The van der Waals surface area contributed by atoms with Gasteiger partial charge < -0.3 is 5.32 Å². The number of hydrogen-bond donors (Lipinski definition) is 1. The summed E-state index contributed by atoms with van der Waals surface area (Å²) in [7, 11) is 0. The molecule has 0 aliphatic heterocycles. The summed E-state index contributed by atoms with van der Waals surface area (Å²) in [4.78, 5) is 0. The summed E-state index contributed by atoms with van der Waals surface area (Å²) < 4.78 is 0. The van der Waals surface area contributed by atoms with Gasteiger partial charge in [-0.3, -0.25) is 0 Å². The lowest BCUT2D eigenvalue weighted by atomic mass is 10.1. The second kappa shape index (κ2) is 8.62. The molecule has 1 N–H and O–H groups in total. The van der Waals surface area contributed by atoms with Crippen molar-refractivity contribution in [1.29, 1.82) is 0 Å². The Morgan fingerprint density at radius 3 is 2.50 bits per heavy atom. The van der Waals surface area contributed by atoms with Gasteiger partial charge in [-0.25, -0.2) is 0 Å². The monoisotopic (exact) mass is 167 g/mol. The molecule has 0 bridgehead atoms. The first kappa shape index (κ1) is 11.5. The lowest BCUT2D eigenvalue weighted by Gasteiger charge is -2.11. The summed E-state index contributed by atoms with van der Waals surface area (Å²) in [6.07, 6.45) is 11.5. The molecule has 0 rings (SSSR count). The second-order valence-electron chi connectivity index (χ2n) is 3.17. The highest BCUT2D eigenvalue weighted by molar-refractivity contribution is 4.98. The van der Waals surface area contributed by atoms with Crippen molar-refractivity contribution >= 4 is 0 Å². The smallest absolute Gasteiger partial charge is 0.0686 e. The van der Waals surface area contributed by atoms with Crippen LogP contribution in [0.5, 0.6) is 0 Å². The molecule has 0 aliphatic rings. The fourth-order valence-corrected chi connectivity index (χ4v) is 1.16. The van der Waals surface area contributed by atoms with Gasteiger partial charge in [-0.2, -0.15) is 0 Å². The summed E-state index contributed by atoms with van der Waals surface area (Å²) in [6, 6.07) is 0.302. The third kappa shape index (κ3) is 6.24. The highest BCUT2D eigenvalue weighted by atomic mass is 14.9. The van der Waals surface area contributed by atoms with E-state index < -0.39 is 0 Å². The van der Waals surface area contributed by atoms with Gasteiger partial charge in [-0.1, -0.05) is 39.0 Å². The minimum absolute atomic E-state index is 0.302. The van der Waals surface area contributed by atoms with Crippen molar-refractivity contribution < 1.29 is 0 Å². The number of nitrogens with one attached hydrogen (secondary N) is 1. The van der Waals surface area contributed by atoms with Gasteiger partial charge in [-0.15, -0.1) is 6.42 Å². The Morgan fingerprint density at radius 1 is 1.25 bits per heavy atom. The van der Waals surface area contributed by atoms with E-state index in [1.807, 2.05) is 0 Å². The molecule has 1 unspecified atom stereocenters. The van der Waals surface area contributed by atoms with Crippen molar-refractivity contribution in [3.63, 3.8) is 0 Å². The van der Waals surface area contributed by atoms with Crippen molar-refractivity contribution in [2.24, 2.45) is 0 Å². The topological polar surface area (TPSA) is 12.0 Å². The van der Waals surface area contributed by atoms with E-state index >= 15 is 0 Å². The first-order chi connectivity index (χ1) is 5.85. The van der Waals surface area contributed by atoms with E-state index in [4.69, 9.17) is 6.42 Å². The van der Waals surface area contributed by atoms with Crippen LogP contribution in [0.1, 0.15) is 46.0 Å². The van der Waals surface area contributed by atoms with E-state index in [9.17, 15) is 0 Å². The molecule has 1 nitrogen and oxygen atoms in total. The minimum atomic E-state index is 0.302. The van der Waals surface area contributed by atoms with Crippen molar-refractivity contribution in [1.82, 2.24) is 5.32 Å². The first-order valence-electron chi connectivity index (χ1n) is 5.04. The van der Waals surface area contributed by atoms with Gasteiger partial charge in [0.15, 0.2) is 0 Å². The zero-order valence-corrected chi connectivity index (χ0v) is 8.40. The minimum Gasteiger partial charge on any atom is -0.304 e. The molecule has 0 saturated carbocycles. The number of rotatable bonds is 7. The van der Waals surface area contributed by atoms with Crippen LogP contribution < -0.4 is 5.32 Å². The summed E-state index contributed by atoms with van der Waals surface area (Å²) in [5.41, 5.74) is 0. The van der Waals surface area contributed by atoms with E-state index in [0.717, 1.165) is 19.4 Å². The van der Waals surface area contributed by atoms with Crippen LogP contribution in [0.25, 0.3) is 0 Å². The van der Waals surface area contributed by atoms with E-state index in [2.05, 4.69) is 25.1 Å². The van der Waals surface area contributed by atoms with Gasteiger partial charge in [0.25, 0.3) is 0 Å². The molecule has 0 radical (unpaired) electrons. The van der Waals surface area contributed by atoms with Crippen LogP contribution >= 0.6 is 0 Å². The van der Waals surface area contributed by atoms with Gasteiger partial charge in [0, 0.05) is 0 Å². The predicted octanol–water partition coefficient (Wildman–Crippen LogP) is 2.57. The lowest BCUT2D eigenvalue weighted by Crippen LogP contribution is -2.28. The maximum absolute atomic E-state index is 5.38. The molecule has 0 heterocycles. The Bertz CT molecular complexity index is 123. The van der Waals surface area contributed by atoms with Crippen molar-refractivity contribution in [3.05, 3.63) is 0 Å². The van der Waals surface area contributed by atoms with E-state index in [-0.39, 0.29) is 0 Å². The van der Waals surface area contributed by atoms with Crippen LogP contribution in [0.15, 0.2) is 0 Å². The van der Waals surface area contributed by atoms with Crippen LogP contribution in [0, 0.1) is 12.3 Å². The normalized spacial score (nSPS) is 12.4. The maximum Gasteiger partial charge on any atom is 0.0686 e. The molecule has 0 fully saturated rings. The van der Waals surface area contributed by atoms with Crippen LogP contribution in [-0.4, -0.2) is 12.6 Å². The quantitative estimate of drug-likeness (QED) is 0.454. The predicted molar refractivity (Wildman–Crippen MR) is 55.1 cm³/mol. The summed E-state index contributed by atoms with van der Waals surface area (Å²) in [6.45, 7) is 5.41. The average molecular weight is 167 g/mol. The van der Waals surface area contributed by atoms with E-state index in [1.165, 1.54) is 19.3 Å². The summed E-state index contributed by atoms with van der Waals surface area (Å²) in [5, 5.41) is 3.34. The van der Waals surface area contributed by atoms with E-state index in [0.29, 0.717) is 6.04 Å². The molecular formula is C11H21N. The van der Waals surface area contributed by atoms with Crippen molar-refractivity contribution in [2.75, 3.05) is 6.54 Å². The third-order valence-electron chi connectivity index (χ3n) is 1.94. The molecule has 1 heteroatoms. The van der Waals surface area contributed by atoms with Crippen LogP contribution in [0.2, 0.25) is 0 Å². The van der Waals surface area contributed by atoms with Gasteiger partial charge >= 0.3 is 0 Å². The Morgan fingerprint density at radius 2 is 2.00 bits per heavy atom. The van der Waals surface area contributed by atoms with Crippen molar-refractivity contribution in [2.45, 2.75) is 52.0 Å². The molecule has 0 aromatic carbocycles. The summed E-state index contributed by atoms with van der Waals surface area (Å²) in [5.74, 6) is 2.78. The van der Waals surface area contributed by atoms with Gasteiger partial charge in [-0.05, 0) is 19.4 Å². The van der Waals surface area contributed by atoms with Crippen LogP contribution in [-0.2, 0) is 0 Å². The number of hydrogen-bond acceptors (Lipinski definition) is 1. The molecule has 70 valence electrons. The zero-order chi connectivity index (χ0) is 9.23. The molecule has 12 heavy (non-hydrogen) atoms. The third-order valence-corrected chi connectivity index (χ3v) is 1.94. The maximum atomic E-state index is 5.38. The second-order valence-corrected chi connectivity index (χ2v) is 3.17. The molecule has 0 amide bonds. The highest BCUT2D eigenvalue weighted by Gasteiger charge is 2.01. The Labute approximate surface area is 76.9 Å². The lowest BCUT2D eigenvalue weighted by molar-refractivity contribution is 0.533. The van der Waals surface area contributed by atoms with Crippen LogP contribution in [0.4, 0.5) is 0 Å². The Balaban J connectivity index is 3.35. The van der Waals surface area contributed by atoms with Gasteiger partial charge in [0.05, 0.1) is 6.04 Å². The Kier molecular flexibility index (Phi) is 8.27. The van der Waals surface area contributed by atoms with Gasteiger partial charge in [0.2, 0.25) is 0 Å². The first-order valence-corrected chi connectivity index (χ1v) is 5.04. The zero-order valence-electron chi connectivity index (χ0n) is 8.40. The van der Waals surface area contributed by atoms with E-state index in [1.54, 1.807) is 0 Å².